The first-order valence-electron chi connectivity index (χ1n) is 17.2. The minimum atomic E-state index is 0.962. The fraction of sp³-hybridized carbons (Fsp3) is 0. The van der Waals surface area contributed by atoms with Crippen molar-refractivity contribution in [3.63, 3.8) is 0 Å². The number of rotatable bonds is 4. The van der Waals surface area contributed by atoms with Crippen LogP contribution in [0, 0.1) is 0 Å². The SMILES string of the molecule is c1ccc(-c2cc(-c3ccc4c(c3)sc3ccccc34)cc(-c3ccc(-n4c5ccccc5c5c6sc7ccccc7c6ccc54)cc3)n2)cc1. The zero-order valence-corrected chi connectivity index (χ0v) is 29.0. The van der Waals surface area contributed by atoms with Gasteiger partial charge >= 0.3 is 0 Å². The summed E-state index contributed by atoms with van der Waals surface area (Å²) < 4.78 is 7.72. The molecule has 0 N–H and O–H groups in total. The van der Waals surface area contributed by atoms with Gasteiger partial charge in [-0.1, -0.05) is 115 Å². The third kappa shape index (κ3) is 4.51. The Bertz CT molecular complexity index is 3130. The molecular weight excluding hydrogens is 657 g/mol. The predicted molar refractivity (Wildman–Crippen MR) is 221 cm³/mol. The highest BCUT2D eigenvalue weighted by molar-refractivity contribution is 7.27. The predicted octanol–water partition coefficient (Wildman–Crippen LogP) is 13.9. The van der Waals surface area contributed by atoms with Gasteiger partial charge in [-0.3, -0.25) is 0 Å². The van der Waals surface area contributed by atoms with Crippen LogP contribution in [-0.4, -0.2) is 9.55 Å². The van der Waals surface area contributed by atoms with Gasteiger partial charge in [-0.05, 0) is 65.7 Å². The van der Waals surface area contributed by atoms with Gasteiger partial charge in [0.2, 0.25) is 0 Å². The number of pyridine rings is 1. The molecule has 0 aliphatic carbocycles. The Kier molecular flexibility index (Phi) is 6.32. The number of para-hydroxylation sites is 1. The number of thiophene rings is 2. The van der Waals surface area contributed by atoms with Gasteiger partial charge in [-0.15, -0.1) is 22.7 Å². The van der Waals surface area contributed by atoms with E-state index in [0.717, 1.165) is 33.8 Å². The van der Waals surface area contributed by atoms with Crippen LogP contribution in [0.4, 0.5) is 0 Å². The van der Waals surface area contributed by atoms with Crippen LogP contribution in [0.25, 0.3) is 101 Å². The molecule has 0 bridgehead atoms. The number of nitrogens with zero attached hydrogens (tertiary/aromatic N) is 2. The molecule has 0 aliphatic rings. The lowest BCUT2D eigenvalue weighted by molar-refractivity contribution is 1.18. The monoisotopic (exact) mass is 684 g/mol. The van der Waals surface area contributed by atoms with E-state index in [1.165, 1.54) is 67.7 Å². The molecule has 51 heavy (non-hydrogen) atoms. The molecule has 0 spiro atoms. The third-order valence-corrected chi connectivity index (χ3v) is 12.5. The molecule has 4 heterocycles. The van der Waals surface area contributed by atoms with Gasteiger partial charge in [0.05, 0.1) is 22.4 Å². The summed E-state index contributed by atoms with van der Waals surface area (Å²) in [6.45, 7) is 0. The highest BCUT2D eigenvalue weighted by Gasteiger charge is 2.18. The maximum Gasteiger partial charge on any atom is 0.0715 e. The van der Waals surface area contributed by atoms with Crippen LogP contribution in [0.3, 0.4) is 0 Å². The lowest BCUT2D eigenvalue weighted by Gasteiger charge is -2.12. The molecule has 0 saturated heterocycles. The summed E-state index contributed by atoms with van der Waals surface area (Å²) in [6.07, 6.45) is 0. The highest BCUT2D eigenvalue weighted by Crippen LogP contribution is 2.43. The number of hydrogen-bond donors (Lipinski definition) is 0. The van der Waals surface area contributed by atoms with Crippen LogP contribution in [-0.2, 0) is 0 Å². The van der Waals surface area contributed by atoms with Crippen molar-refractivity contribution < 1.29 is 0 Å². The summed E-state index contributed by atoms with van der Waals surface area (Å²) in [4.78, 5) is 5.24. The van der Waals surface area contributed by atoms with E-state index in [9.17, 15) is 0 Å². The van der Waals surface area contributed by atoms with Crippen LogP contribution in [0.15, 0.2) is 170 Å². The van der Waals surface area contributed by atoms with Gasteiger partial charge in [-0.25, -0.2) is 4.98 Å². The van der Waals surface area contributed by atoms with Crippen molar-refractivity contribution in [3.8, 4) is 39.3 Å². The smallest absolute Gasteiger partial charge is 0.0715 e. The van der Waals surface area contributed by atoms with Crippen molar-refractivity contribution in [2.45, 2.75) is 0 Å². The number of benzene rings is 7. The van der Waals surface area contributed by atoms with E-state index in [1.807, 2.05) is 22.7 Å². The van der Waals surface area contributed by atoms with Gasteiger partial charge in [-0.2, -0.15) is 0 Å². The summed E-state index contributed by atoms with van der Waals surface area (Å²) in [5.74, 6) is 0. The molecule has 2 nitrogen and oxygen atoms in total. The molecule has 0 radical (unpaired) electrons. The molecule has 238 valence electrons. The second-order valence-corrected chi connectivity index (χ2v) is 15.3. The zero-order chi connectivity index (χ0) is 33.5. The van der Waals surface area contributed by atoms with E-state index in [2.05, 4.69) is 174 Å². The lowest BCUT2D eigenvalue weighted by atomic mass is 9.99. The van der Waals surface area contributed by atoms with Crippen molar-refractivity contribution >= 4 is 84.8 Å². The summed E-state index contributed by atoms with van der Waals surface area (Å²) in [5, 5.41) is 7.89. The quantitative estimate of drug-likeness (QED) is 0.180. The minimum absolute atomic E-state index is 0.962. The molecule has 0 fully saturated rings. The van der Waals surface area contributed by atoms with Crippen LogP contribution in [0.2, 0.25) is 0 Å². The number of hydrogen-bond acceptors (Lipinski definition) is 3. The average molecular weight is 685 g/mol. The molecule has 11 rings (SSSR count). The molecule has 0 atom stereocenters. The molecular formula is C47H28N2S2. The van der Waals surface area contributed by atoms with Crippen molar-refractivity contribution in [2.75, 3.05) is 0 Å². The van der Waals surface area contributed by atoms with E-state index in [0.29, 0.717) is 0 Å². The fourth-order valence-corrected chi connectivity index (χ4v) is 10.2. The maximum absolute atomic E-state index is 5.24. The summed E-state index contributed by atoms with van der Waals surface area (Å²) in [7, 11) is 0. The van der Waals surface area contributed by atoms with Gasteiger partial charge in [0.15, 0.2) is 0 Å². The molecule has 0 amide bonds. The van der Waals surface area contributed by atoms with E-state index in [1.54, 1.807) is 0 Å². The fourth-order valence-electron chi connectivity index (χ4n) is 7.80. The Hall–Kier alpha value is -6.07. The van der Waals surface area contributed by atoms with Crippen LogP contribution in [0.1, 0.15) is 0 Å². The van der Waals surface area contributed by atoms with Crippen molar-refractivity contribution in [2.24, 2.45) is 0 Å². The number of fused-ring (bicyclic) bond motifs is 10. The molecule has 0 saturated carbocycles. The summed E-state index contributed by atoms with van der Waals surface area (Å²) >= 11 is 3.75. The molecule has 11 aromatic rings. The normalized spacial score (nSPS) is 11.9. The molecule has 4 aromatic heterocycles. The molecule has 4 heteroatoms. The van der Waals surface area contributed by atoms with Crippen molar-refractivity contribution in [1.82, 2.24) is 9.55 Å². The number of aromatic nitrogens is 2. The largest absolute Gasteiger partial charge is 0.309 e. The second kappa shape index (κ2) is 11.2. The van der Waals surface area contributed by atoms with Crippen LogP contribution >= 0.6 is 22.7 Å². The topological polar surface area (TPSA) is 17.8 Å². The molecule has 7 aromatic carbocycles. The van der Waals surface area contributed by atoms with Gasteiger partial charge in [0.1, 0.15) is 0 Å². The Balaban J connectivity index is 1.06. The van der Waals surface area contributed by atoms with Crippen LogP contribution < -0.4 is 0 Å². The Labute approximate surface area is 302 Å². The summed E-state index contributed by atoms with van der Waals surface area (Å²) in [5.41, 5.74) is 10.1. The van der Waals surface area contributed by atoms with E-state index in [4.69, 9.17) is 4.98 Å². The Morgan fingerprint density at radius 3 is 1.75 bits per heavy atom. The third-order valence-electron chi connectivity index (χ3n) is 10.2. The highest BCUT2D eigenvalue weighted by atomic mass is 32.1. The molecule has 0 aliphatic heterocycles. The average Bonchev–Trinajstić information content (AvgIpc) is 3.87. The maximum atomic E-state index is 5.24. The van der Waals surface area contributed by atoms with E-state index in [-0.39, 0.29) is 0 Å². The van der Waals surface area contributed by atoms with Crippen molar-refractivity contribution in [3.05, 3.63) is 170 Å². The summed E-state index contributed by atoms with van der Waals surface area (Å²) in [6, 6.07) is 61.7. The minimum Gasteiger partial charge on any atom is -0.309 e. The van der Waals surface area contributed by atoms with Gasteiger partial charge in [0.25, 0.3) is 0 Å². The first-order valence-corrected chi connectivity index (χ1v) is 18.8. The second-order valence-electron chi connectivity index (χ2n) is 13.1. The zero-order valence-electron chi connectivity index (χ0n) is 27.4. The van der Waals surface area contributed by atoms with E-state index >= 15 is 0 Å². The van der Waals surface area contributed by atoms with Gasteiger partial charge in [0, 0.05) is 67.9 Å². The first-order chi connectivity index (χ1) is 25.3. The Morgan fingerprint density at radius 1 is 0.373 bits per heavy atom. The van der Waals surface area contributed by atoms with Crippen LogP contribution in [0.5, 0.6) is 0 Å². The molecule has 0 unspecified atom stereocenters. The standard InChI is InChI=1S/C47H28N2S2/c1-2-10-29(11-3-1)39-26-32(31-20-23-36-34-12-5-8-16-43(34)50-45(36)28-31)27-40(48-39)30-18-21-33(22-19-30)49-41-15-7-4-14-38(41)46-42(49)25-24-37-35-13-6-9-17-44(35)51-47(37)46/h1-28H. The van der Waals surface area contributed by atoms with E-state index < -0.39 is 0 Å². The van der Waals surface area contributed by atoms with Gasteiger partial charge < -0.3 is 4.57 Å². The lowest BCUT2D eigenvalue weighted by Crippen LogP contribution is -1.95. The van der Waals surface area contributed by atoms with Crippen molar-refractivity contribution in [1.29, 1.82) is 0 Å². The Morgan fingerprint density at radius 2 is 0.961 bits per heavy atom. The first kappa shape index (κ1) is 28.7.